The average molecular weight is 229 g/mol. The van der Waals surface area contributed by atoms with Gasteiger partial charge in [-0.15, -0.1) is 0 Å². The Bertz CT molecular complexity index is 213. The van der Waals surface area contributed by atoms with Crippen molar-refractivity contribution in [3.8, 4) is 0 Å². The molecule has 0 aliphatic carbocycles. The predicted molar refractivity (Wildman–Crippen MR) is 70.3 cm³/mol. The zero-order valence-corrected chi connectivity index (χ0v) is 11.6. The lowest BCUT2D eigenvalue weighted by Gasteiger charge is -2.29. The Balaban J connectivity index is 0.000000509. The van der Waals surface area contributed by atoms with Crippen LogP contribution in [0.15, 0.2) is 11.9 Å². The number of rotatable bonds is 1. The van der Waals surface area contributed by atoms with Crippen molar-refractivity contribution in [2.75, 3.05) is 13.1 Å². The van der Waals surface area contributed by atoms with Crippen LogP contribution in [0.2, 0.25) is 0 Å². The molecule has 0 aromatic carbocycles. The molecule has 0 radical (unpaired) electrons. The molecule has 0 saturated carbocycles. The van der Waals surface area contributed by atoms with Crippen LogP contribution in [0.4, 0.5) is 4.39 Å². The molecule has 0 aromatic rings. The summed E-state index contributed by atoms with van der Waals surface area (Å²) in [7, 11) is 0. The fourth-order valence-electron chi connectivity index (χ4n) is 2.76. The van der Waals surface area contributed by atoms with Crippen LogP contribution in [0, 0.1) is 0 Å². The van der Waals surface area contributed by atoms with E-state index >= 15 is 0 Å². The lowest BCUT2D eigenvalue weighted by Crippen LogP contribution is -2.37. The molecule has 16 heavy (non-hydrogen) atoms. The lowest BCUT2D eigenvalue weighted by atomic mass is 9.90. The van der Waals surface area contributed by atoms with Crippen molar-refractivity contribution in [3.63, 3.8) is 0 Å². The van der Waals surface area contributed by atoms with Crippen LogP contribution >= 0.6 is 0 Å². The van der Waals surface area contributed by atoms with Gasteiger partial charge in [-0.05, 0) is 37.8 Å². The molecule has 2 fully saturated rings. The summed E-state index contributed by atoms with van der Waals surface area (Å²) in [6.45, 7) is 12.3. The van der Waals surface area contributed by atoms with Crippen LogP contribution in [-0.2, 0) is 0 Å². The van der Waals surface area contributed by atoms with Gasteiger partial charge in [-0.1, -0.05) is 34.6 Å². The molecule has 2 saturated heterocycles. The van der Waals surface area contributed by atoms with Crippen molar-refractivity contribution in [1.82, 2.24) is 4.90 Å². The standard InChI is InChI=1S/C10H16FN.2C2H6/c1-2-10-4-3-5-12(10)8-9(6-10)7-11;2*1-2/h7H,2-6,8H2,1H3;2*1-2H3/b9-7-;;. The minimum absolute atomic E-state index is 0.345. The van der Waals surface area contributed by atoms with Crippen LogP contribution in [0.25, 0.3) is 0 Å². The highest BCUT2D eigenvalue weighted by Crippen LogP contribution is 2.43. The normalized spacial score (nSPS) is 30.2. The van der Waals surface area contributed by atoms with E-state index in [1.165, 1.54) is 25.8 Å². The maximum absolute atomic E-state index is 12.3. The Hall–Kier alpha value is -0.370. The smallest absolute Gasteiger partial charge is 0.0872 e. The van der Waals surface area contributed by atoms with Crippen molar-refractivity contribution in [1.29, 1.82) is 0 Å². The molecule has 0 amide bonds. The van der Waals surface area contributed by atoms with E-state index in [9.17, 15) is 4.39 Å². The third-order valence-electron chi connectivity index (χ3n) is 3.50. The minimum atomic E-state index is 0.345. The molecule has 0 N–H and O–H groups in total. The summed E-state index contributed by atoms with van der Waals surface area (Å²) in [5.41, 5.74) is 1.34. The van der Waals surface area contributed by atoms with E-state index in [4.69, 9.17) is 0 Å². The number of halogens is 1. The number of fused-ring (bicyclic) bond motifs is 1. The van der Waals surface area contributed by atoms with E-state index in [-0.39, 0.29) is 0 Å². The third-order valence-corrected chi connectivity index (χ3v) is 3.50. The molecule has 1 atom stereocenters. The molecule has 2 heteroatoms. The molecular formula is C14H28FN. The highest BCUT2D eigenvalue weighted by atomic mass is 19.1. The first-order chi connectivity index (χ1) is 7.80. The second-order valence-electron chi connectivity index (χ2n) is 4.05. The van der Waals surface area contributed by atoms with Crippen molar-refractivity contribution in [2.24, 2.45) is 0 Å². The first-order valence-corrected chi connectivity index (χ1v) is 6.84. The van der Waals surface area contributed by atoms with E-state index in [1.807, 2.05) is 27.7 Å². The summed E-state index contributed by atoms with van der Waals surface area (Å²) in [4.78, 5) is 2.46. The molecule has 2 rings (SSSR count). The second-order valence-corrected chi connectivity index (χ2v) is 4.05. The van der Waals surface area contributed by atoms with Gasteiger partial charge >= 0.3 is 0 Å². The zero-order chi connectivity index (χ0) is 12.6. The summed E-state index contributed by atoms with van der Waals surface area (Å²) in [6.07, 6.45) is 5.52. The molecule has 1 nitrogen and oxygen atoms in total. The molecule has 2 aliphatic rings. The molecule has 96 valence electrons. The van der Waals surface area contributed by atoms with Gasteiger partial charge in [0.2, 0.25) is 0 Å². The highest BCUT2D eigenvalue weighted by Gasteiger charge is 2.44. The Morgan fingerprint density at radius 3 is 2.38 bits per heavy atom. The molecule has 2 heterocycles. The zero-order valence-electron chi connectivity index (χ0n) is 11.6. The van der Waals surface area contributed by atoms with E-state index in [1.54, 1.807) is 0 Å². The summed E-state index contributed by atoms with van der Waals surface area (Å²) in [5, 5.41) is 0. The van der Waals surface area contributed by atoms with E-state index in [0.29, 0.717) is 5.54 Å². The topological polar surface area (TPSA) is 3.24 Å². The number of nitrogens with zero attached hydrogens (tertiary/aromatic N) is 1. The van der Waals surface area contributed by atoms with Gasteiger partial charge in [0, 0.05) is 12.1 Å². The highest BCUT2D eigenvalue weighted by molar-refractivity contribution is 5.18. The SMILES string of the molecule is CC.CC.CCC12CCCN1C/C(=C\F)C2. The molecule has 0 aromatic heterocycles. The Labute approximate surface area is 101 Å². The van der Waals surface area contributed by atoms with Crippen LogP contribution in [0.5, 0.6) is 0 Å². The van der Waals surface area contributed by atoms with Crippen LogP contribution in [-0.4, -0.2) is 23.5 Å². The van der Waals surface area contributed by atoms with E-state index in [2.05, 4.69) is 11.8 Å². The summed E-state index contributed by atoms with van der Waals surface area (Å²) in [6, 6.07) is 0. The molecule has 0 spiro atoms. The maximum Gasteiger partial charge on any atom is 0.0872 e. The van der Waals surface area contributed by atoms with Gasteiger partial charge in [0.1, 0.15) is 0 Å². The average Bonchev–Trinajstić information content (AvgIpc) is 2.90. The van der Waals surface area contributed by atoms with Crippen LogP contribution in [0.1, 0.15) is 60.3 Å². The van der Waals surface area contributed by atoms with Gasteiger partial charge in [0.15, 0.2) is 0 Å². The number of hydrogen-bond acceptors (Lipinski definition) is 1. The van der Waals surface area contributed by atoms with E-state index in [0.717, 1.165) is 24.9 Å². The second kappa shape index (κ2) is 7.83. The van der Waals surface area contributed by atoms with Crippen molar-refractivity contribution in [2.45, 2.75) is 65.8 Å². The molecule has 1 unspecified atom stereocenters. The van der Waals surface area contributed by atoms with Crippen LogP contribution in [0.3, 0.4) is 0 Å². The molecule has 2 aliphatic heterocycles. The van der Waals surface area contributed by atoms with Gasteiger partial charge in [-0.2, -0.15) is 0 Å². The predicted octanol–water partition coefficient (Wildman–Crippen LogP) is 4.54. The summed E-state index contributed by atoms with van der Waals surface area (Å²) >= 11 is 0. The molecule has 0 bridgehead atoms. The fraction of sp³-hybridized carbons (Fsp3) is 0.857. The van der Waals surface area contributed by atoms with Crippen LogP contribution < -0.4 is 0 Å². The lowest BCUT2D eigenvalue weighted by molar-refractivity contribution is 0.189. The maximum atomic E-state index is 12.3. The van der Waals surface area contributed by atoms with E-state index < -0.39 is 0 Å². The third kappa shape index (κ3) is 3.07. The first kappa shape index (κ1) is 15.6. The monoisotopic (exact) mass is 229 g/mol. The van der Waals surface area contributed by atoms with Gasteiger partial charge in [0.25, 0.3) is 0 Å². The van der Waals surface area contributed by atoms with Gasteiger partial charge in [-0.3, -0.25) is 4.90 Å². The van der Waals surface area contributed by atoms with Gasteiger partial charge < -0.3 is 0 Å². The quantitative estimate of drug-likeness (QED) is 0.638. The van der Waals surface area contributed by atoms with Crippen molar-refractivity contribution in [3.05, 3.63) is 11.9 Å². The summed E-state index contributed by atoms with van der Waals surface area (Å²) < 4.78 is 12.3. The summed E-state index contributed by atoms with van der Waals surface area (Å²) in [5.74, 6) is 0. The fourth-order valence-corrected chi connectivity index (χ4v) is 2.76. The largest absolute Gasteiger partial charge is 0.293 e. The minimum Gasteiger partial charge on any atom is -0.293 e. The van der Waals surface area contributed by atoms with Gasteiger partial charge in [-0.25, -0.2) is 4.39 Å². The molecular weight excluding hydrogens is 201 g/mol. The Kier molecular flexibility index (Phi) is 7.65. The Morgan fingerprint density at radius 2 is 1.94 bits per heavy atom. The van der Waals surface area contributed by atoms with Crippen molar-refractivity contribution < 1.29 is 4.39 Å². The van der Waals surface area contributed by atoms with Gasteiger partial charge in [0.05, 0.1) is 6.33 Å². The Morgan fingerprint density at radius 1 is 1.31 bits per heavy atom. The van der Waals surface area contributed by atoms with Crippen molar-refractivity contribution >= 4 is 0 Å². The number of hydrogen-bond donors (Lipinski definition) is 0. The first-order valence-electron chi connectivity index (χ1n) is 6.84.